The van der Waals surface area contributed by atoms with Crippen LogP contribution >= 0.6 is 0 Å². The second-order valence-electron chi connectivity index (χ2n) is 6.85. The average molecular weight is 337 g/mol. The summed E-state index contributed by atoms with van der Waals surface area (Å²) >= 11 is 0. The van der Waals surface area contributed by atoms with Crippen molar-refractivity contribution in [3.63, 3.8) is 0 Å². The number of benzene rings is 2. The molecule has 2 aromatic rings. The topological polar surface area (TPSA) is 44.4 Å². The van der Waals surface area contributed by atoms with Gasteiger partial charge in [0.25, 0.3) is 0 Å². The number of carbonyl (C=O) groups excluding carboxylic acids is 1. The van der Waals surface area contributed by atoms with Crippen LogP contribution in [0, 0.1) is 5.92 Å². The summed E-state index contributed by atoms with van der Waals surface area (Å²) in [5.74, 6) is 0.572. The molecule has 0 radical (unpaired) electrons. The zero-order valence-corrected chi connectivity index (χ0v) is 14.8. The lowest BCUT2D eigenvalue weighted by molar-refractivity contribution is -0.120. The SMILES string of the molecule is CC(NC(=O)CNc1ccccc1)C1CCN(Cc2ccccc2)C1. The van der Waals surface area contributed by atoms with E-state index in [-0.39, 0.29) is 11.9 Å². The first kappa shape index (κ1) is 17.5. The van der Waals surface area contributed by atoms with Gasteiger partial charge in [0.1, 0.15) is 0 Å². The Labute approximate surface area is 150 Å². The second kappa shape index (κ2) is 8.67. The molecule has 1 amide bonds. The van der Waals surface area contributed by atoms with Crippen LogP contribution in [-0.4, -0.2) is 36.5 Å². The summed E-state index contributed by atoms with van der Waals surface area (Å²) in [7, 11) is 0. The van der Waals surface area contributed by atoms with Crippen LogP contribution in [0.15, 0.2) is 60.7 Å². The zero-order valence-electron chi connectivity index (χ0n) is 14.8. The summed E-state index contributed by atoms with van der Waals surface area (Å²) in [6, 6.07) is 20.6. The van der Waals surface area contributed by atoms with E-state index in [1.807, 2.05) is 30.3 Å². The fourth-order valence-electron chi connectivity index (χ4n) is 3.42. The third kappa shape index (κ3) is 5.33. The smallest absolute Gasteiger partial charge is 0.239 e. The molecule has 4 heteroatoms. The minimum absolute atomic E-state index is 0.0536. The van der Waals surface area contributed by atoms with Gasteiger partial charge < -0.3 is 10.6 Å². The van der Waals surface area contributed by atoms with E-state index in [2.05, 4.69) is 52.8 Å². The highest BCUT2D eigenvalue weighted by atomic mass is 16.1. The van der Waals surface area contributed by atoms with Crippen molar-refractivity contribution in [1.29, 1.82) is 0 Å². The van der Waals surface area contributed by atoms with Crippen molar-refractivity contribution in [1.82, 2.24) is 10.2 Å². The standard InChI is InChI=1S/C21H27N3O/c1-17(23-21(25)14-22-20-10-6-3-7-11-20)19-12-13-24(16-19)15-18-8-4-2-5-9-18/h2-11,17,19,22H,12-16H2,1H3,(H,23,25). The molecule has 0 spiro atoms. The van der Waals surface area contributed by atoms with Crippen LogP contribution in [0.2, 0.25) is 0 Å². The van der Waals surface area contributed by atoms with Gasteiger partial charge in [-0.3, -0.25) is 9.69 Å². The molecule has 0 saturated carbocycles. The van der Waals surface area contributed by atoms with Gasteiger partial charge in [0, 0.05) is 24.8 Å². The predicted molar refractivity (Wildman–Crippen MR) is 102 cm³/mol. The summed E-state index contributed by atoms with van der Waals surface area (Å²) in [4.78, 5) is 14.6. The highest BCUT2D eigenvalue weighted by Gasteiger charge is 2.27. The highest BCUT2D eigenvalue weighted by molar-refractivity contribution is 5.80. The van der Waals surface area contributed by atoms with Crippen LogP contribution in [0.4, 0.5) is 5.69 Å². The molecule has 0 bridgehead atoms. The van der Waals surface area contributed by atoms with E-state index in [4.69, 9.17) is 0 Å². The Kier molecular flexibility index (Phi) is 6.07. The van der Waals surface area contributed by atoms with E-state index in [9.17, 15) is 4.79 Å². The quantitative estimate of drug-likeness (QED) is 0.816. The van der Waals surface area contributed by atoms with Crippen molar-refractivity contribution in [3.8, 4) is 0 Å². The van der Waals surface area contributed by atoms with Crippen molar-refractivity contribution in [2.75, 3.05) is 25.0 Å². The lowest BCUT2D eigenvalue weighted by atomic mass is 10.0. The number of likely N-dealkylation sites (tertiary alicyclic amines) is 1. The van der Waals surface area contributed by atoms with E-state index in [1.54, 1.807) is 0 Å². The Morgan fingerprint density at radius 1 is 1.12 bits per heavy atom. The number of carbonyl (C=O) groups is 1. The number of rotatable bonds is 7. The Hall–Kier alpha value is -2.33. The minimum Gasteiger partial charge on any atom is -0.376 e. The molecule has 1 fully saturated rings. The van der Waals surface area contributed by atoms with Crippen LogP contribution in [0.1, 0.15) is 18.9 Å². The molecule has 1 heterocycles. The Bertz CT molecular complexity index is 659. The van der Waals surface area contributed by atoms with Gasteiger partial charge in [0.05, 0.1) is 6.54 Å². The van der Waals surface area contributed by atoms with Crippen molar-refractivity contribution >= 4 is 11.6 Å². The van der Waals surface area contributed by atoms with E-state index < -0.39 is 0 Å². The largest absolute Gasteiger partial charge is 0.376 e. The summed E-state index contributed by atoms with van der Waals surface area (Å²) in [5.41, 5.74) is 2.33. The predicted octanol–water partition coefficient (Wildman–Crippen LogP) is 3.13. The van der Waals surface area contributed by atoms with Crippen LogP contribution < -0.4 is 10.6 Å². The summed E-state index contributed by atoms with van der Waals surface area (Å²) < 4.78 is 0. The first-order chi connectivity index (χ1) is 12.2. The maximum atomic E-state index is 12.2. The lowest BCUT2D eigenvalue weighted by Gasteiger charge is -2.22. The molecule has 1 aliphatic rings. The normalized spacial score (nSPS) is 18.7. The molecule has 0 aliphatic carbocycles. The van der Waals surface area contributed by atoms with E-state index in [0.717, 1.165) is 31.7 Å². The van der Waals surface area contributed by atoms with Gasteiger partial charge in [0.2, 0.25) is 5.91 Å². The summed E-state index contributed by atoms with van der Waals surface area (Å²) in [6.45, 7) is 5.57. The van der Waals surface area contributed by atoms with Crippen LogP contribution in [-0.2, 0) is 11.3 Å². The number of hydrogen-bond acceptors (Lipinski definition) is 3. The molecule has 0 aromatic heterocycles. The number of amides is 1. The Morgan fingerprint density at radius 3 is 2.52 bits per heavy atom. The molecule has 1 saturated heterocycles. The minimum atomic E-state index is 0.0536. The first-order valence-corrected chi connectivity index (χ1v) is 9.05. The maximum Gasteiger partial charge on any atom is 0.239 e. The first-order valence-electron chi connectivity index (χ1n) is 9.05. The van der Waals surface area contributed by atoms with Crippen molar-refractivity contribution < 1.29 is 4.79 Å². The summed E-state index contributed by atoms with van der Waals surface area (Å²) in [5, 5.41) is 6.31. The molecule has 132 valence electrons. The van der Waals surface area contributed by atoms with Crippen molar-refractivity contribution in [2.24, 2.45) is 5.92 Å². The van der Waals surface area contributed by atoms with Gasteiger partial charge in [-0.2, -0.15) is 0 Å². The molecule has 2 N–H and O–H groups in total. The number of anilines is 1. The Balaban J connectivity index is 1.41. The fourth-order valence-corrected chi connectivity index (χ4v) is 3.42. The maximum absolute atomic E-state index is 12.2. The zero-order chi connectivity index (χ0) is 17.5. The molecule has 2 aromatic carbocycles. The van der Waals surface area contributed by atoms with Crippen LogP contribution in [0.5, 0.6) is 0 Å². The van der Waals surface area contributed by atoms with Gasteiger partial charge in [-0.25, -0.2) is 0 Å². The van der Waals surface area contributed by atoms with Crippen molar-refractivity contribution in [2.45, 2.75) is 25.9 Å². The van der Waals surface area contributed by atoms with E-state index in [1.165, 1.54) is 5.56 Å². The third-order valence-corrected chi connectivity index (χ3v) is 4.88. The van der Waals surface area contributed by atoms with E-state index in [0.29, 0.717) is 12.5 Å². The molecular formula is C21H27N3O. The molecule has 2 unspecified atom stereocenters. The monoisotopic (exact) mass is 337 g/mol. The second-order valence-corrected chi connectivity index (χ2v) is 6.85. The van der Waals surface area contributed by atoms with Gasteiger partial charge in [-0.1, -0.05) is 48.5 Å². The van der Waals surface area contributed by atoms with Crippen LogP contribution in [0.25, 0.3) is 0 Å². The molecular weight excluding hydrogens is 310 g/mol. The molecule has 25 heavy (non-hydrogen) atoms. The van der Waals surface area contributed by atoms with Gasteiger partial charge in [0.15, 0.2) is 0 Å². The molecule has 4 nitrogen and oxygen atoms in total. The van der Waals surface area contributed by atoms with Gasteiger partial charge in [-0.05, 0) is 43.5 Å². The number of nitrogens with one attached hydrogen (secondary N) is 2. The van der Waals surface area contributed by atoms with Gasteiger partial charge >= 0.3 is 0 Å². The van der Waals surface area contributed by atoms with Gasteiger partial charge in [-0.15, -0.1) is 0 Å². The van der Waals surface area contributed by atoms with Crippen molar-refractivity contribution in [3.05, 3.63) is 66.2 Å². The van der Waals surface area contributed by atoms with Crippen LogP contribution in [0.3, 0.4) is 0 Å². The summed E-state index contributed by atoms with van der Waals surface area (Å²) in [6.07, 6.45) is 1.14. The number of nitrogens with zero attached hydrogens (tertiary/aromatic N) is 1. The fraction of sp³-hybridized carbons (Fsp3) is 0.381. The highest BCUT2D eigenvalue weighted by Crippen LogP contribution is 2.21. The van der Waals surface area contributed by atoms with E-state index >= 15 is 0 Å². The lowest BCUT2D eigenvalue weighted by Crippen LogP contribution is -2.41. The third-order valence-electron chi connectivity index (χ3n) is 4.88. The number of hydrogen-bond donors (Lipinski definition) is 2. The Morgan fingerprint density at radius 2 is 1.80 bits per heavy atom. The average Bonchev–Trinajstić information content (AvgIpc) is 3.10. The molecule has 3 rings (SSSR count). The number of para-hydroxylation sites is 1. The molecule has 1 aliphatic heterocycles. The molecule has 2 atom stereocenters.